The molecule has 0 spiro atoms. The van der Waals surface area contributed by atoms with Crippen molar-refractivity contribution in [1.82, 2.24) is 9.55 Å². The highest BCUT2D eigenvalue weighted by molar-refractivity contribution is 7.18. The monoisotopic (exact) mass is 400 g/mol. The number of benzene rings is 1. The van der Waals surface area contributed by atoms with Gasteiger partial charge >= 0.3 is 0 Å². The van der Waals surface area contributed by atoms with Gasteiger partial charge in [0.15, 0.2) is 0 Å². The standard InChI is InChI=1S/C21H21ClN2O2S/c1-13(25)9-10-24-18(12-14-5-4-6-15(22)11-14)23-20-19(21(24)26)16-7-2-3-8-17(16)27-20/h4-6,11H,2-3,7-10,12H2,1H3. The minimum Gasteiger partial charge on any atom is -0.300 e. The van der Waals surface area contributed by atoms with Crippen LogP contribution in [0.2, 0.25) is 5.02 Å². The largest absolute Gasteiger partial charge is 0.300 e. The van der Waals surface area contributed by atoms with E-state index >= 15 is 0 Å². The number of carbonyl (C=O) groups excluding carboxylic acids is 1. The SMILES string of the molecule is CC(=O)CCn1c(Cc2cccc(Cl)c2)nc2sc3c(c2c1=O)CCCC3. The molecule has 1 aliphatic carbocycles. The number of ketones is 1. The first-order valence-electron chi connectivity index (χ1n) is 9.31. The predicted molar refractivity (Wildman–Crippen MR) is 110 cm³/mol. The van der Waals surface area contributed by atoms with Gasteiger partial charge in [-0.05, 0) is 55.9 Å². The average molecular weight is 401 g/mol. The Bertz CT molecular complexity index is 1080. The highest BCUT2D eigenvalue weighted by atomic mass is 35.5. The number of hydrogen-bond acceptors (Lipinski definition) is 4. The van der Waals surface area contributed by atoms with Gasteiger partial charge < -0.3 is 0 Å². The van der Waals surface area contributed by atoms with Crippen molar-refractivity contribution in [2.24, 2.45) is 0 Å². The van der Waals surface area contributed by atoms with E-state index in [1.165, 1.54) is 16.9 Å². The molecule has 27 heavy (non-hydrogen) atoms. The number of rotatable bonds is 5. The fourth-order valence-corrected chi connectivity index (χ4v) is 5.23. The first kappa shape index (κ1) is 18.4. The van der Waals surface area contributed by atoms with Crippen molar-refractivity contribution in [2.75, 3.05) is 0 Å². The molecule has 4 rings (SSSR count). The third-order valence-electron chi connectivity index (χ3n) is 5.09. The third kappa shape index (κ3) is 3.71. The lowest BCUT2D eigenvalue weighted by Crippen LogP contribution is -2.26. The van der Waals surface area contributed by atoms with Crippen LogP contribution in [0.1, 0.15) is 48.0 Å². The van der Waals surface area contributed by atoms with Crippen molar-refractivity contribution in [3.05, 3.63) is 61.5 Å². The van der Waals surface area contributed by atoms with Crippen molar-refractivity contribution >= 4 is 38.9 Å². The van der Waals surface area contributed by atoms with E-state index in [0.29, 0.717) is 30.2 Å². The van der Waals surface area contributed by atoms with Gasteiger partial charge in [0.2, 0.25) is 0 Å². The number of halogens is 1. The zero-order valence-electron chi connectivity index (χ0n) is 15.3. The molecule has 2 heterocycles. The molecule has 1 aliphatic rings. The van der Waals surface area contributed by atoms with Crippen LogP contribution in [0.25, 0.3) is 10.2 Å². The molecule has 0 unspecified atom stereocenters. The first-order chi connectivity index (χ1) is 13.0. The van der Waals surface area contributed by atoms with Crippen LogP contribution in [0, 0.1) is 0 Å². The summed E-state index contributed by atoms with van der Waals surface area (Å²) < 4.78 is 1.70. The second-order valence-electron chi connectivity index (χ2n) is 7.13. The Morgan fingerprint density at radius 1 is 1.30 bits per heavy atom. The summed E-state index contributed by atoms with van der Waals surface area (Å²) in [6.07, 6.45) is 5.14. The fourth-order valence-electron chi connectivity index (χ4n) is 3.74. The Morgan fingerprint density at radius 3 is 2.89 bits per heavy atom. The van der Waals surface area contributed by atoms with E-state index in [1.807, 2.05) is 24.3 Å². The highest BCUT2D eigenvalue weighted by Crippen LogP contribution is 2.34. The Kier molecular flexibility index (Phi) is 5.15. The van der Waals surface area contributed by atoms with Gasteiger partial charge in [0.1, 0.15) is 16.4 Å². The van der Waals surface area contributed by atoms with Crippen LogP contribution in [0.5, 0.6) is 0 Å². The highest BCUT2D eigenvalue weighted by Gasteiger charge is 2.22. The number of carbonyl (C=O) groups is 1. The fraction of sp³-hybridized carbons (Fsp3) is 0.381. The lowest BCUT2D eigenvalue weighted by Gasteiger charge is -2.13. The van der Waals surface area contributed by atoms with Gasteiger partial charge in [-0.1, -0.05) is 23.7 Å². The van der Waals surface area contributed by atoms with Gasteiger partial charge in [-0.15, -0.1) is 11.3 Å². The summed E-state index contributed by atoms with van der Waals surface area (Å²) in [5.74, 6) is 0.776. The number of hydrogen-bond donors (Lipinski definition) is 0. The molecule has 6 heteroatoms. The molecule has 0 bridgehead atoms. The first-order valence-corrected chi connectivity index (χ1v) is 10.5. The van der Waals surface area contributed by atoms with Crippen molar-refractivity contribution < 1.29 is 4.79 Å². The quantitative estimate of drug-likeness (QED) is 0.630. The number of Topliss-reactive ketones (excluding diaryl/α,β-unsaturated/α-hetero) is 1. The molecule has 1 aromatic carbocycles. The molecule has 0 saturated carbocycles. The van der Waals surface area contributed by atoms with Gasteiger partial charge in [0, 0.05) is 29.3 Å². The average Bonchev–Trinajstić information content (AvgIpc) is 2.99. The number of nitrogens with zero attached hydrogens (tertiary/aromatic N) is 2. The van der Waals surface area contributed by atoms with Gasteiger partial charge in [0.05, 0.1) is 5.39 Å². The maximum Gasteiger partial charge on any atom is 0.262 e. The molecule has 0 aliphatic heterocycles. The van der Waals surface area contributed by atoms with E-state index in [0.717, 1.165) is 35.0 Å². The minimum atomic E-state index is -0.00215. The second-order valence-corrected chi connectivity index (χ2v) is 8.65. The lowest BCUT2D eigenvalue weighted by molar-refractivity contribution is -0.117. The molecule has 0 atom stereocenters. The van der Waals surface area contributed by atoms with E-state index in [2.05, 4.69) is 0 Å². The summed E-state index contributed by atoms with van der Waals surface area (Å²) in [5, 5.41) is 1.44. The normalized spacial score (nSPS) is 13.7. The van der Waals surface area contributed by atoms with Crippen LogP contribution in [-0.2, 0) is 30.6 Å². The van der Waals surface area contributed by atoms with Gasteiger partial charge in [0.25, 0.3) is 5.56 Å². The summed E-state index contributed by atoms with van der Waals surface area (Å²) in [4.78, 5) is 31.9. The molecule has 0 radical (unpaired) electrons. The Morgan fingerprint density at radius 2 is 2.11 bits per heavy atom. The molecular formula is C21H21ClN2O2S. The second kappa shape index (κ2) is 7.56. The van der Waals surface area contributed by atoms with Crippen molar-refractivity contribution in [3.8, 4) is 0 Å². The molecule has 0 N–H and O–H groups in total. The zero-order chi connectivity index (χ0) is 19.0. The third-order valence-corrected chi connectivity index (χ3v) is 6.51. The van der Waals surface area contributed by atoms with Crippen molar-refractivity contribution in [1.29, 1.82) is 0 Å². The Labute approximate surface area is 166 Å². The van der Waals surface area contributed by atoms with Crippen LogP contribution < -0.4 is 5.56 Å². The van der Waals surface area contributed by atoms with Crippen LogP contribution in [0.3, 0.4) is 0 Å². The van der Waals surface area contributed by atoms with Gasteiger partial charge in [-0.25, -0.2) is 4.98 Å². The number of fused-ring (bicyclic) bond motifs is 3. The van der Waals surface area contributed by atoms with E-state index in [9.17, 15) is 9.59 Å². The predicted octanol–water partition coefficient (Wildman–Crippen LogP) is 4.56. The van der Waals surface area contributed by atoms with Crippen LogP contribution in [0.15, 0.2) is 29.1 Å². The van der Waals surface area contributed by atoms with Gasteiger partial charge in [-0.3, -0.25) is 14.2 Å². The smallest absolute Gasteiger partial charge is 0.262 e. The lowest BCUT2D eigenvalue weighted by atomic mass is 9.97. The molecule has 0 amide bonds. The molecule has 0 saturated heterocycles. The Hall–Kier alpha value is -1.98. The number of aromatic nitrogens is 2. The molecule has 0 fully saturated rings. The molecule has 4 nitrogen and oxygen atoms in total. The van der Waals surface area contributed by atoms with E-state index in [1.54, 1.807) is 22.8 Å². The molecule has 3 aromatic rings. The van der Waals surface area contributed by atoms with Crippen LogP contribution >= 0.6 is 22.9 Å². The van der Waals surface area contributed by atoms with E-state index in [-0.39, 0.29) is 11.3 Å². The molecule has 140 valence electrons. The van der Waals surface area contributed by atoms with E-state index in [4.69, 9.17) is 16.6 Å². The maximum absolute atomic E-state index is 13.3. The topological polar surface area (TPSA) is 52.0 Å². The number of thiophene rings is 1. The summed E-state index contributed by atoms with van der Waals surface area (Å²) in [7, 11) is 0. The zero-order valence-corrected chi connectivity index (χ0v) is 16.8. The molecular weight excluding hydrogens is 380 g/mol. The summed E-state index contributed by atoms with van der Waals surface area (Å²) in [6.45, 7) is 1.93. The van der Waals surface area contributed by atoms with Crippen LogP contribution in [-0.4, -0.2) is 15.3 Å². The van der Waals surface area contributed by atoms with Gasteiger partial charge in [-0.2, -0.15) is 0 Å². The van der Waals surface area contributed by atoms with Crippen molar-refractivity contribution in [3.63, 3.8) is 0 Å². The molecule has 2 aromatic heterocycles. The Balaban J connectivity index is 1.86. The number of aryl methyl sites for hydroxylation is 2. The minimum absolute atomic E-state index is 0.00215. The van der Waals surface area contributed by atoms with Crippen LogP contribution in [0.4, 0.5) is 0 Å². The maximum atomic E-state index is 13.3. The summed E-state index contributed by atoms with van der Waals surface area (Å²) in [5.41, 5.74) is 2.19. The summed E-state index contributed by atoms with van der Waals surface area (Å²) >= 11 is 7.77. The van der Waals surface area contributed by atoms with E-state index < -0.39 is 0 Å². The van der Waals surface area contributed by atoms with Crippen molar-refractivity contribution in [2.45, 2.75) is 52.0 Å². The summed E-state index contributed by atoms with van der Waals surface area (Å²) in [6, 6.07) is 7.61.